The van der Waals surface area contributed by atoms with Crippen LogP contribution in [0.1, 0.15) is 24.8 Å². The maximum absolute atomic E-state index is 13.6. The van der Waals surface area contributed by atoms with E-state index in [1.54, 1.807) is 23.9 Å². The predicted octanol–water partition coefficient (Wildman–Crippen LogP) is 5.44. The summed E-state index contributed by atoms with van der Waals surface area (Å²) in [5, 5.41) is 7.58. The first-order valence-electron chi connectivity index (χ1n) is 12.0. The van der Waals surface area contributed by atoms with Gasteiger partial charge in [0, 0.05) is 23.6 Å². The van der Waals surface area contributed by atoms with Crippen LogP contribution < -0.4 is 14.8 Å². The summed E-state index contributed by atoms with van der Waals surface area (Å²) in [4.78, 5) is 17.0. The lowest BCUT2D eigenvalue weighted by molar-refractivity contribution is -0.122. The molecule has 0 radical (unpaired) electrons. The summed E-state index contributed by atoms with van der Waals surface area (Å²) < 4.78 is 26.3. The van der Waals surface area contributed by atoms with E-state index in [9.17, 15) is 9.18 Å². The molecule has 36 heavy (non-hydrogen) atoms. The molecule has 1 amide bonds. The number of hydrogen-bond donors (Lipinski definition) is 1. The molecule has 0 aliphatic heterocycles. The van der Waals surface area contributed by atoms with Crippen LogP contribution in [-0.4, -0.2) is 34.4 Å². The quantitative estimate of drug-likeness (QED) is 0.341. The maximum atomic E-state index is 13.6. The number of carbonyl (C=O) groups excluding carboxylic acids is 1. The highest BCUT2D eigenvalue weighted by atomic mass is 19.1. The normalized spacial score (nSPS) is 13.2. The first kappa shape index (κ1) is 23.5. The van der Waals surface area contributed by atoms with Gasteiger partial charge in [-0.05, 0) is 73.0 Å². The Bertz CT molecular complexity index is 1330. The Morgan fingerprint density at radius 3 is 2.56 bits per heavy atom. The largest absolute Gasteiger partial charge is 0.497 e. The molecule has 0 atom stereocenters. The number of nitrogens with zero attached hydrogens (tertiary/aromatic N) is 3. The Morgan fingerprint density at radius 1 is 1.08 bits per heavy atom. The monoisotopic (exact) mass is 486 g/mol. The van der Waals surface area contributed by atoms with E-state index in [4.69, 9.17) is 9.47 Å². The smallest absolute Gasteiger partial charge is 0.336 e. The molecule has 1 aromatic heterocycles. The zero-order chi connectivity index (χ0) is 24.9. The van der Waals surface area contributed by atoms with Crippen LogP contribution in [0.25, 0.3) is 17.1 Å². The topological polar surface area (TPSA) is 78.3 Å². The number of anilines is 1. The Morgan fingerprint density at radius 2 is 1.86 bits per heavy atom. The zero-order valence-electron chi connectivity index (χ0n) is 20.0. The SMILES string of the molecule is COc1ccc(CCOc2nc(-c3ccc(F)cc3)n(-c3cccc(NC(=O)C4CCC4)c3)n2)cc1. The number of halogens is 1. The van der Waals surface area contributed by atoms with Crippen LogP contribution in [0.3, 0.4) is 0 Å². The van der Waals surface area contributed by atoms with Crippen molar-refractivity contribution in [3.63, 3.8) is 0 Å². The lowest BCUT2D eigenvalue weighted by Gasteiger charge is -2.24. The number of carbonyl (C=O) groups is 1. The molecule has 0 spiro atoms. The Kier molecular flexibility index (Phi) is 6.93. The summed E-state index contributed by atoms with van der Waals surface area (Å²) in [5.41, 5.74) is 3.19. The Labute approximate surface area is 208 Å². The van der Waals surface area contributed by atoms with E-state index < -0.39 is 0 Å². The van der Waals surface area contributed by atoms with Crippen molar-refractivity contribution in [3.05, 3.63) is 84.2 Å². The predicted molar refractivity (Wildman–Crippen MR) is 135 cm³/mol. The number of nitrogens with one attached hydrogen (secondary N) is 1. The van der Waals surface area contributed by atoms with E-state index in [0.29, 0.717) is 35.8 Å². The molecular formula is C28H27FN4O3. The fourth-order valence-electron chi connectivity index (χ4n) is 4.00. The zero-order valence-corrected chi connectivity index (χ0v) is 20.0. The van der Waals surface area contributed by atoms with Gasteiger partial charge >= 0.3 is 6.01 Å². The van der Waals surface area contributed by atoms with Crippen molar-refractivity contribution in [2.24, 2.45) is 5.92 Å². The number of methoxy groups -OCH3 is 1. The van der Waals surface area contributed by atoms with Crippen molar-refractivity contribution >= 4 is 11.6 Å². The van der Waals surface area contributed by atoms with Crippen LogP contribution in [0.15, 0.2) is 72.8 Å². The van der Waals surface area contributed by atoms with Gasteiger partial charge in [0.15, 0.2) is 5.82 Å². The summed E-state index contributed by atoms with van der Waals surface area (Å²) in [7, 11) is 1.64. The van der Waals surface area contributed by atoms with Gasteiger partial charge in [0.25, 0.3) is 0 Å². The van der Waals surface area contributed by atoms with Gasteiger partial charge in [-0.25, -0.2) is 9.07 Å². The molecular weight excluding hydrogens is 459 g/mol. The van der Waals surface area contributed by atoms with Crippen molar-refractivity contribution in [1.82, 2.24) is 14.8 Å². The fourth-order valence-corrected chi connectivity index (χ4v) is 4.00. The van der Waals surface area contributed by atoms with Gasteiger partial charge < -0.3 is 14.8 Å². The van der Waals surface area contributed by atoms with Crippen LogP contribution in [0, 0.1) is 11.7 Å². The number of amides is 1. The number of aromatic nitrogens is 3. The van der Waals surface area contributed by atoms with E-state index in [1.165, 1.54) is 12.1 Å². The molecule has 0 unspecified atom stereocenters. The number of rotatable bonds is 9. The van der Waals surface area contributed by atoms with Crippen molar-refractivity contribution in [2.45, 2.75) is 25.7 Å². The lowest BCUT2D eigenvalue weighted by atomic mass is 9.85. The van der Waals surface area contributed by atoms with Gasteiger partial charge in [0.1, 0.15) is 11.6 Å². The number of ether oxygens (including phenoxy) is 2. The van der Waals surface area contributed by atoms with Crippen molar-refractivity contribution in [2.75, 3.05) is 19.0 Å². The minimum atomic E-state index is -0.332. The third kappa shape index (κ3) is 5.38. The summed E-state index contributed by atoms with van der Waals surface area (Å²) in [6, 6.07) is 21.5. The third-order valence-electron chi connectivity index (χ3n) is 6.31. The standard InChI is InChI=1S/C28H27FN4O3/c1-35-25-14-8-19(9-15-25)16-17-36-28-31-26(20-10-12-22(29)13-11-20)33(32-28)24-7-3-6-23(18-24)30-27(34)21-4-2-5-21/h3,6-15,18,21H,2,4-5,16-17H2,1H3,(H,30,34). The summed E-state index contributed by atoms with van der Waals surface area (Å²) in [6.45, 7) is 0.386. The van der Waals surface area contributed by atoms with Crippen molar-refractivity contribution < 1.29 is 18.7 Å². The molecule has 3 aromatic carbocycles. The van der Waals surface area contributed by atoms with Crippen LogP contribution in [0.2, 0.25) is 0 Å². The molecule has 1 aliphatic rings. The molecule has 8 heteroatoms. The first-order valence-corrected chi connectivity index (χ1v) is 12.0. The minimum Gasteiger partial charge on any atom is -0.497 e. The minimum absolute atomic E-state index is 0.0401. The number of benzene rings is 3. The van der Waals surface area contributed by atoms with Crippen LogP contribution in [0.4, 0.5) is 10.1 Å². The molecule has 7 nitrogen and oxygen atoms in total. The van der Waals surface area contributed by atoms with Gasteiger partial charge in [-0.1, -0.05) is 24.6 Å². The highest BCUT2D eigenvalue weighted by molar-refractivity contribution is 5.93. The molecule has 4 aromatic rings. The molecule has 0 saturated heterocycles. The molecule has 1 fully saturated rings. The van der Waals surface area contributed by atoms with E-state index in [0.717, 1.165) is 30.6 Å². The van der Waals surface area contributed by atoms with E-state index in [-0.39, 0.29) is 23.7 Å². The molecule has 0 bridgehead atoms. The van der Waals surface area contributed by atoms with Crippen molar-refractivity contribution in [3.8, 4) is 28.8 Å². The van der Waals surface area contributed by atoms with Crippen LogP contribution in [0.5, 0.6) is 11.8 Å². The average Bonchev–Trinajstić information content (AvgIpc) is 3.28. The number of hydrogen-bond acceptors (Lipinski definition) is 5. The van der Waals surface area contributed by atoms with Gasteiger partial charge in [-0.15, -0.1) is 5.10 Å². The maximum Gasteiger partial charge on any atom is 0.336 e. The first-order chi connectivity index (χ1) is 17.6. The molecule has 1 heterocycles. The molecule has 5 rings (SSSR count). The van der Waals surface area contributed by atoms with Crippen molar-refractivity contribution in [1.29, 1.82) is 0 Å². The van der Waals surface area contributed by atoms with Gasteiger partial charge in [0.05, 0.1) is 19.4 Å². The highest BCUT2D eigenvalue weighted by Crippen LogP contribution is 2.29. The summed E-state index contributed by atoms with van der Waals surface area (Å²) in [5.74, 6) is 1.10. The lowest BCUT2D eigenvalue weighted by Crippen LogP contribution is -2.28. The fraction of sp³-hybridized carbons (Fsp3) is 0.250. The van der Waals surface area contributed by atoms with Crippen LogP contribution >= 0.6 is 0 Å². The second-order valence-corrected chi connectivity index (χ2v) is 8.75. The van der Waals surface area contributed by atoms with E-state index >= 15 is 0 Å². The van der Waals surface area contributed by atoms with Gasteiger partial charge in [-0.3, -0.25) is 4.79 Å². The second kappa shape index (κ2) is 10.6. The second-order valence-electron chi connectivity index (χ2n) is 8.75. The van der Waals surface area contributed by atoms with Gasteiger partial charge in [0.2, 0.25) is 5.91 Å². The molecule has 1 N–H and O–H groups in total. The van der Waals surface area contributed by atoms with E-state index in [2.05, 4.69) is 15.4 Å². The third-order valence-corrected chi connectivity index (χ3v) is 6.31. The highest BCUT2D eigenvalue weighted by Gasteiger charge is 2.25. The summed E-state index contributed by atoms with van der Waals surface area (Å²) in [6.07, 6.45) is 3.63. The average molecular weight is 487 g/mol. The van der Waals surface area contributed by atoms with E-state index in [1.807, 2.05) is 48.5 Å². The molecule has 184 valence electrons. The van der Waals surface area contributed by atoms with Crippen LogP contribution in [-0.2, 0) is 11.2 Å². The molecule has 1 aliphatic carbocycles. The summed E-state index contributed by atoms with van der Waals surface area (Å²) >= 11 is 0. The Hall–Kier alpha value is -4.20. The van der Waals surface area contributed by atoms with Gasteiger partial charge in [-0.2, -0.15) is 4.98 Å². The molecule has 1 saturated carbocycles. The Balaban J connectivity index is 1.37.